The summed E-state index contributed by atoms with van der Waals surface area (Å²) >= 11 is 1.41. The lowest BCUT2D eigenvalue weighted by molar-refractivity contribution is 0.470. The predicted molar refractivity (Wildman–Crippen MR) is 83.9 cm³/mol. The minimum Gasteiger partial charge on any atom is -0.370 e. The first-order valence-electron chi connectivity index (χ1n) is 6.49. The zero-order valence-electron chi connectivity index (χ0n) is 12.1. The summed E-state index contributed by atoms with van der Waals surface area (Å²) in [6.07, 6.45) is 3.13. The summed E-state index contributed by atoms with van der Waals surface area (Å²) in [6.45, 7) is 6.17. The van der Waals surface area contributed by atoms with Crippen molar-refractivity contribution in [3.63, 3.8) is 0 Å². The van der Waals surface area contributed by atoms with Crippen molar-refractivity contribution in [3.05, 3.63) is 34.9 Å². The maximum Gasteiger partial charge on any atom is 0.241 e. The quantitative estimate of drug-likeness (QED) is 0.850. The number of hydrogen-bond acceptors (Lipinski definition) is 6. The number of sulfonamides is 1. The fourth-order valence-corrected chi connectivity index (χ4v) is 4.00. The molecule has 0 aliphatic rings. The highest BCUT2D eigenvalue weighted by molar-refractivity contribution is 7.89. The van der Waals surface area contributed by atoms with Gasteiger partial charge >= 0.3 is 0 Å². The van der Waals surface area contributed by atoms with Gasteiger partial charge in [-0.25, -0.2) is 18.4 Å². The summed E-state index contributed by atoms with van der Waals surface area (Å²) in [6, 6.07) is 2.99. The number of nitrogens with one attached hydrogen (secondary N) is 2. The number of nitrogens with zero attached hydrogens (tertiary/aromatic N) is 2. The van der Waals surface area contributed by atoms with E-state index in [0.717, 1.165) is 0 Å². The van der Waals surface area contributed by atoms with E-state index < -0.39 is 15.6 Å². The zero-order valence-corrected chi connectivity index (χ0v) is 13.8. The molecule has 0 unspecified atom stereocenters. The minimum absolute atomic E-state index is 0.179. The SMILES string of the molecule is CCNc1cc(S(=O)(=O)NC(C)(C)c2nccs2)ccn1. The summed E-state index contributed by atoms with van der Waals surface area (Å²) in [5.74, 6) is 0.535. The Bertz CT molecular complexity index is 697. The van der Waals surface area contributed by atoms with Gasteiger partial charge < -0.3 is 5.32 Å². The molecule has 114 valence electrons. The summed E-state index contributed by atoms with van der Waals surface area (Å²) in [5.41, 5.74) is -0.769. The van der Waals surface area contributed by atoms with Crippen LogP contribution in [0.25, 0.3) is 0 Å². The van der Waals surface area contributed by atoms with Crippen molar-refractivity contribution in [2.75, 3.05) is 11.9 Å². The van der Waals surface area contributed by atoms with E-state index in [4.69, 9.17) is 0 Å². The summed E-state index contributed by atoms with van der Waals surface area (Å²) < 4.78 is 27.7. The molecular formula is C13H18N4O2S2. The van der Waals surface area contributed by atoms with E-state index in [1.807, 2.05) is 12.3 Å². The van der Waals surface area contributed by atoms with Crippen molar-refractivity contribution in [2.24, 2.45) is 0 Å². The second-order valence-electron chi connectivity index (χ2n) is 4.97. The van der Waals surface area contributed by atoms with Gasteiger partial charge in [0.1, 0.15) is 10.8 Å². The van der Waals surface area contributed by atoms with Crippen LogP contribution in [0.5, 0.6) is 0 Å². The minimum atomic E-state index is -3.65. The van der Waals surface area contributed by atoms with Crippen LogP contribution in [0.15, 0.2) is 34.8 Å². The van der Waals surface area contributed by atoms with Crippen LogP contribution in [0.1, 0.15) is 25.8 Å². The molecule has 2 aromatic rings. The average Bonchev–Trinajstić information content (AvgIpc) is 2.93. The Kier molecular flexibility index (Phi) is 4.60. The third-order valence-corrected chi connectivity index (χ3v) is 5.51. The lowest BCUT2D eigenvalue weighted by Gasteiger charge is -2.23. The number of hydrogen-bond donors (Lipinski definition) is 2. The molecule has 2 heterocycles. The highest BCUT2D eigenvalue weighted by Gasteiger charge is 2.30. The van der Waals surface area contributed by atoms with E-state index >= 15 is 0 Å². The number of anilines is 1. The molecule has 21 heavy (non-hydrogen) atoms. The van der Waals surface area contributed by atoms with Gasteiger partial charge in [0.05, 0.1) is 10.4 Å². The Hall–Kier alpha value is -1.51. The molecule has 0 spiro atoms. The van der Waals surface area contributed by atoms with Crippen molar-refractivity contribution >= 4 is 27.2 Å². The van der Waals surface area contributed by atoms with E-state index in [0.29, 0.717) is 17.4 Å². The Morgan fingerprint density at radius 2 is 2.05 bits per heavy atom. The Morgan fingerprint density at radius 1 is 1.29 bits per heavy atom. The van der Waals surface area contributed by atoms with Gasteiger partial charge in [0.15, 0.2) is 0 Å². The number of thiazole rings is 1. The van der Waals surface area contributed by atoms with E-state index in [9.17, 15) is 8.42 Å². The van der Waals surface area contributed by atoms with Crippen LogP contribution >= 0.6 is 11.3 Å². The second kappa shape index (κ2) is 6.08. The lowest BCUT2D eigenvalue weighted by Crippen LogP contribution is -2.40. The number of pyridine rings is 1. The van der Waals surface area contributed by atoms with Crippen LogP contribution in [0.3, 0.4) is 0 Å². The topological polar surface area (TPSA) is 84.0 Å². The number of rotatable bonds is 6. The van der Waals surface area contributed by atoms with Crippen LogP contribution in [-0.2, 0) is 15.6 Å². The first-order chi connectivity index (χ1) is 9.85. The van der Waals surface area contributed by atoms with Crippen LogP contribution in [-0.4, -0.2) is 24.9 Å². The molecule has 0 radical (unpaired) electrons. The van der Waals surface area contributed by atoms with Crippen molar-refractivity contribution in [3.8, 4) is 0 Å². The van der Waals surface area contributed by atoms with Gasteiger partial charge in [-0.1, -0.05) is 0 Å². The van der Waals surface area contributed by atoms with Gasteiger partial charge in [0, 0.05) is 30.4 Å². The van der Waals surface area contributed by atoms with Crippen LogP contribution in [0.2, 0.25) is 0 Å². The molecule has 8 heteroatoms. The summed E-state index contributed by atoms with van der Waals surface area (Å²) in [7, 11) is -3.65. The molecule has 2 rings (SSSR count). The van der Waals surface area contributed by atoms with Gasteiger partial charge in [-0.05, 0) is 26.8 Å². The third-order valence-electron chi connectivity index (χ3n) is 2.76. The van der Waals surface area contributed by atoms with Crippen molar-refractivity contribution < 1.29 is 8.42 Å². The molecule has 0 bridgehead atoms. The monoisotopic (exact) mass is 326 g/mol. The lowest BCUT2D eigenvalue weighted by atomic mass is 10.1. The maximum absolute atomic E-state index is 12.5. The standard InChI is InChI=1S/C13H18N4O2S2/c1-4-14-11-9-10(5-6-15-11)21(18,19)17-13(2,3)12-16-7-8-20-12/h5-9,17H,4H2,1-3H3,(H,14,15). The van der Waals surface area contributed by atoms with Crippen LogP contribution in [0, 0.1) is 0 Å². The molecule has 0 fully saturated rings. The largest absolute Gasteiger partial charge is 0.370 e. The molecule has 0 aliphatic heterocycles. The maximum atomic E-state index is 12.5. The normalized spacial score (nSPS) is 12.3. The van der Waals surface area contributed by atoms with Crippen molar-refractivity contribution in [1.29, 1.82) is 0 Å². The fraction of sp³-hybridized carbons (Fsp3) is 0.385. The van der Waals surface area contributed by atoms with Gasteiger partial charge in [-0.15, -0.1) is 11.3 Å². The molecule has 2 N–H and O–H groups in total. The molecule has 0 atom stereocenters. The molecular weight excluding hydrogens is 308 g/mol. The average molecular weight is 326 g/mol. The summed E-state index contributed by atoms with van der Waals surface area (Å²) in [4.78, 5) is 8.43. The molecule has 0 amide bonds. The highest BCUT2D eigenvalue weighted by atomic mass is 32.2. The molecule has 0 saturated carbocycles. The van der Waals surface area contributed by atoms with E-state index in [1.165, 1.54) is 29.7 Å². The molecule has 0 aromatic carbocycles. The number of aromatic nitrogens is 2. The van der Waals surface area contributed by atoms with Gasteiger partial charge in [-0.2, -0.15) is 4.72 Å². The second-order valence-corrected chi connectivity index (χ2v) is 7.55. The Labute approximate surface area is 128 Å². The molecule has 2 aromatic heterocycles. The Morgan fingerprint density at radius 3 is 2.67 bits per heavy atom. The van der Waals surface area contributed by atoms with Gasteiger partial charge in [-0.3, -0.25) is 0 Å². The van der Waals surface area contributed by atoms with Gasteiger partial charge in [0.25, 0.3) is 0 Å². The Balaban J connectivity index is 2.28. The first kappa shape index (κ1) is 15.9. The van der Waals surface area contributed by atoms with Gasteiger partial charge in [0.2, 0.25) is 10.0 Å². The fourth-order valence-electron chi connectivity index (χ4n) is 1.83. The predicted octanol–water partition coefficient (Wildman–Crippen LogP) is 2.18. The first-order valence-corrected chi connectivity index (χ1v) is 8.85. The molecule has 6 nitrogen and oxygen atoms in total. The highest BCUT2D eigenvalue weighted by Crippen LogP contribution is 2.25. The van der Waals surface area contributed by atoms with E-state index in [-0.39, 0.29) is 4.90 Å². The van der Waals surface area contributed by atoms with Crippen molar-refractivity contribution in [2.45, 2.75) is 31.2 Å². The summed E-state index contributed by atoms with van der Waals surface area (Å²) in [5, 5.41) is 5.53. The van der Waals surface area contributed by atoms with Crippen LogP contribution in [0.4, 0.5) is 5.82 Å². The van der Waals surface area contributed by atoms with Crippen LogP contribution < -0.4 is 10.0 Å². The third kappa shape index (κ3) is 3.78. The van der Waals surface area contributed by atoms with E-state index in [2.05, 4.69) is 20.0 Å². The molecule has 0 saturated heterocycles. The molecule has 0 aliphatic carbocycles. The zero-order chi connectivity index (χ0) is 15.5. The van der Waals surface area contributed by atoms with E-state index in [1.54, 1.807) is 20.0 Å². The smallest absolute Gasteiger partial charge is 0.241 e. The van der Waals surface area contributed by atoms with Crippen molar-refractivity contribution in [1.82, 2.24) is 14.7 Å².